The van der Waals surface area contributed by atoms with Crippen LogP contribution in [0.25, 0.3) is 10.4 Å². The minimum absolute atomic E-state index is 0.00988. The van der Waals surface area contributed by atoms with Gasteiger partial charge < -0.3 is 48.3 Å². The van der Waals surface area contributed by atoms with E-state index in [9.17, 15) is 15.4 Å². The maximum absolute atomic E-state index is 15.6. The highest BCUT2D eigenvalue weighted by atomic mass is 31.2. The number of benzene rings is 1. The van der Waals surface area contributed by atoms with E-state index in [1.165, 1.54) is 0 Å². The Balaban J connectivity index is 1.88. The van der Waals surface area contributed by atoms with Gasteiger partial charge in [-0.3, -0.25) is 9.05 Å². The number of phosphoric acid groups is 1. The minimum atomic E-state index is -4.78. The Morgan fingerprint density at radius 2 is 1.33 bits per heavy atom. The summed E-state index contributed by atoms with van der Waals surface area (Å²) in [4.78, 5) is 15.4. The van der Waals surface area contributed by atoms with Crippen LogP contribution in [0.4, 0.5) is 4.79 Å². The van der Waals surface area contributed by atoms with Crippen LogP contribution in [0.15, 0.2) is 35.4 Å². The van der Waals surface area contributed by atoms with Crippen molar-refractivity contribution in [3.63, 3.8) is 0 Å². The minimum Gasteiger partial charge on any atom is -0.445 e. The predicted molar refractivity (Wildman–Crippen MR) is 262 cm³/mol. The van der Waals surface area contributed by atoms with E-state index >= 15 is 4.57 Å². The number of aliphatic hydroxyl groups is 1. The average Bonchev–Trinajstić information content (AvgIpc) is 3.35. The van der Waals surface area contributed by atoms with Crippen molar-refractivity contribution < 1.29 is 66.0 Å². The third-order valence-corrected chi connectivity index (χ3v) is 13.8. The largest absolute Gasteiger partial charge is 0.494 e. The lowest BCUT2D eigenvalue weighted by Crippen LogP contribution is -2.60. The molecule has 20 heteroatoms. The summed E-state index contributed by atoms with van der Waals surface area (Å²) >= 11 is 0. The normalized spacial score (nSPS) is 26.0. The number of carbonyl (C=O) groups is 1. The summed E-state index contributed by atoms with van der Waals surface area (Å²) in [5.74, 6) is -0.646. The fourth-order valence-electron chi connectivity index (χ4n) is 7.50. The van der Waals surface area contributed by atoms with Crippen LogP contribution in [0.3, 0.4) is 0 Å². The first-order valence-corrected chi connectivity index (χ1v) is 27.3. The molecule has 11 atom stereocenters. The second kappa shape index (κ2) is 34.8. The van der Waals surface area contributed by atoms with Crippen LogP contribution < -0.4 is 10.8 Å². The van der Waals surface area contributed by atoms with Gasteiger partial charge in [-0.25, -0.2) is 9.36 Å². The van der Waals surface area contributed by atoms with E-state index in [1.54, 1.807) is 6.92 Å². The molecular weight excluding hydrogens is 914 g/mol. The predicted octanol–water partition coefficient (Wildman–Crippen LogP) is 10.2. The summed E-state index contributed by atoms with van der Waals surface area (Å²) in [5.41, 5.74) is 13.2. The summed E-state index contributed by atoms with van der Waals surface area (Å²) in [6, 6.07) is 8.41. The fourth-order valence-corrected chi connectivity index (χ4v) is 9.01. The molecule has 2 aliphatic rings. The van der Waals surface area contributed by atoms with Crippen molar-refractivity contribution in [2.24, 2.45) is 11.0 Å². The van der Waals surface area contributed by atoms with Gasteiger partial charge in [-0.15, -0.1) is 0 Å². The highest BCUT2D eigenvalue weighted by Crippen LogP contribution is 2.55. The third-order valence-electron chi connectivity index (χ3n) is 12.5. The molecule has 69 heavy (non-hydrogen) atoms. The SMILES string of the molecule is CCCCOCC1O[C@H](OP(=O)(ONC(C)(CC)CC)O[C@@H]2C(COCCCC)O[C@H](OCCCCCCNC(=O)OCc3ccccc3)C(N=[N+]=[N-])[C@H]2OCCCC)C(C)[C@@H](OCCCC)[C@@H]1O. The van der Waals surface area contributed by atoms with E-state index in [4.69, 9.17) is 51.6 Å². The molecule has 2 fully saturated rings. The molecule has 0 bridgehead atoms. The second-order valence-corrected chi connectivity index (χ2v) is 19.7. The van der Waals surface area contributed by atoms with Crippen molar-refractivity contribution in [3.05, 3.63) is 46.3 Å². The molecule has 0 aliphatic carbocycles. The molecule has 398 valence electrons. The molecule has 1 amide bonds. The van der Waals surface area contributed by atoms with Gasteiger partial charge in [0.15, 0.2) is 12.6 Å². The molecule has 1 aromatic carbocycles. The van der Waals surface area contributed by atoms with Crippen LogP contribution in [-0.4, -0.2) is 125 Å². The van der Waals surface area contributed by atoms with Gasteiger partial charge >= 0.3 is 13.9 Å². The van der Waals surface area contributed by atoms with Gasteiger partial charge in [-0.2, -0.15) is 10.1 Å². The first-order valence-electron chi connectivity index (χ1n) is 25.8. The van der Waals surface area contributed by atoms with Crippen LogP contribution in [0.2, 0.25) is 0 Å². The summed E-state index contributed by atoms with van der Waals surface area (Å²) < 4.78 is 84.2. The molecule has 19 nitrogen and oxygen atoms in total. The zero-order chi connectivity index (χ0) is 50.3. The van der Waals surface area contributed by atoms with Crippen molar-refractivity contribution in [1.29, 1.82) is 0 Å². The molecular formula is C49H88N5O14P. The van der Waals surface area contributed by atoms with Crippen LogP contribution >= 0.6 is 7.82 Å². The standard InChI is InChI=1S/C49H88N5O14P/c1-9-15-29-58-35-39-42(55)43(60-31-17-11-3)37(7)46(64-39)67-69(57,68-53-49(8,13-5)14-6)66-44-40(36-59-30-16-10-2)65-47(41(52-54-50)45(44)61-32-18-12-4)62-33-25-20-19-24-28-51-48(56)63-34-38-26-22-21-23-27-38/h21-23,26-27,37,39-47,53,55H,9-20,24-25,28-36H2,1-8H3,(H,51,56)/t37?,39?,40?,41?,42-,43-,44-,45-,46-,47+,69?/m1/s1. The number of alkyl carbamates (subject to hydrolysis) is 1. The van der Waals surface area contributed by atoms with Crippen molar-refractivity contribution in [2.75, 3.05) is 52.8 Å². The molecule has 3 N–H and O–H groups in total. The zero-order valence-corrected chi connectivity index (χ0v) is 43.9. The molecule has 1 aromatic rings. The molecule has 2 saturated heterocycles. The van der Waals surface area contributed by atoms with Gasteiger partial charge in [-0.1, -0.05) is 122 Å². The Morgan fingerprint density at radius 1 is 0.754 bits per heavy atom. The first-order chi connectivity index (χ1) is 33.4. The van der Waals surface area contributed by atoms with Crippen LogP contribution in [0, 0.1) is 5.92 Å². The number of nitrogens with zero attached hydrogens (tertiary/aromatic N) is 3. The molecule has 0 radical (unpaired) electrons. The summed E-state index contributed by atoms with van der Waals surface area (Å²) in [7, 11) is -4.78. The highest BCUT2D eigenvalue weighted by Gasteiger charge is 2.54. The molecule has 5 unspecified atom stereocenters. The van der Waals surface area contributed by atoms with Gasteiger partial charge in [0, 0.05) is 55.9 Å². The topological polar surface area (TPSA) is 229 Å². The Labute approximate surface area is 412 Å². The van der Waals surface area contributed by atoms with Crippen LogP contribution in [0.5, 0.6) is 0 Å². The molecule has 0 saturated carbocycles. The average molecular weight is 1000 g/mol. The van der Waals surface area contributed by atoms with Crippen molar-refractivity contribution in [1.82, 2.24) is 10.8 Å². The Kier molecular flexibility index (Phi) is 30.7. The lowest BCUT2D eigenvalue weighted by Gasteiger charge is -2.46. The van der Waals surface area contributed by atoms with E-state index in [2.05, 4.69) is 41.6 Å². The highest BCUT2D eigenvalue weighted by molar-refractivity contribution is 7.48. The number of unbranched alkanes of at least 4 members (excludes halogenated alkanes) is 7. The number of rotatable bonds is 38. The van der Waals surface area contributed by atoms with Crippen molar-refractivity contribution >= 4 is 13.9 Å². The number of phosphoric ester groups is 1. The second-order valence-electron chi connectivity index (χ2n) is 18.2. The van der Waals surface area contributed by atoms with Crippen LogP contribution in [0.1, 0.15) is 151 Å². The first kappa shape index (κ1) is 60.9. The van der Waals surface area contributed by atoms with Crippen molar-refractivity contribution in [3.8, 4) is 0 Å². The number of nitrogens with one attached hydrogen (secondary N) is 2. The number of hydroxylamine groups is 1. The molecule has 0 spiro atoms. The van der Waals surface area contributed by atoms with Crippen molar-refractivity contribution in [2.45, 2.75) is 213 Å². The number of ether oxygens (including phenoxy) is 8. The quantitative estimate of drug-likeness (QED) is 0.0140. The Bertz CT molecular complexity index is 1600. The lowest BCUT2D eigenvalue weighted by atomic mass is 9.92. The van der Waals surface area contributed by atoms with Gasteiger partial charge in [0.2, 0.25) is 0 Å². The zero-order valence-electron chi connectivity index (χ0n) is 43.0. The maximum Gasteiger partial charge on any atom is 0.494 e. The maximum atomic E-state index is 15.6. The van der Waals surface area contributed by atoms with Gasteiger partial charge in [-0.05, 0) is 69.4 Å². The number of aliphatic hydroxyl groups excluding tert-OH is 1. The van der Waals surface area contributed by atoms with Crippen LogP contribution in [-0.2, 0) is 62.7 Å². The monoisotopic (exact) mass is 1000 g/mol. The number of azide groups is 1. The van der Waals surface area contributed by atoms with E-state index in [0.29, 0.717) is 52.0 Å². The van der Waals surface area contributed by atoms with Gasteiger partial charge in [0.1, 0.15) is 43.2 Å². The number of hydrogen-bond donors (Lipinski definition) is 3. The summed E-state index contributed by atoms with van der Waals surface area (Å²) in [6.07, 6.45) is 2.06. The number of carbonyl (C=O) groups excluding carboxylic acids is 1. The van der Waals surface area contributed by atoms with E-state index in [1.807, 2.05) is 58.0 Å². The van der Waals surface area contributed by atoms with Gasteiger partial charge in [0.25, 0.3) is 0 Å². The summed E-state index contributed by atoms with van der Waals surface area (Å²) in [6.45, 7) is 18.4. The lowest BCUT2D eigenvalue weighted by molar-refractivity contribution is -0.284. The Hall–Kier alpha value is -2.45. The third kappa shape index (κ3) is 22.1. The smallest absolute Gasteiger partial charge is 0.445 e. The molecule has 2 aliphatic heterocycles. The van der Waals surface area contributed by atoms with Gasteiger partial charge in [0.05, 0.1) is 19.3 Å². The molecule has 3 rings (SSSR count). The number of amides is 1. The van der Waals surface area contributed by atoms with E-state index in [-0.39, 0.29) is 33.0 Å². The fraction of sp³-hybridized carbons (Fsp3) is 0.857. The summed E-state index contributed by atoms with van der Waals surface area (Å²) in [5, 5.41) is 18.5. The number of hydrogen-bond acceptors (Lipinski definition) is 16. The molecule has 0 aromatic heterocycles. The van der Waals surface area contributed by atoms with E-state index in [0.717, 1.165) is 69.8 Å². The molecule has 2 heterocycles. The Morgan fingerprint density at radius 3 is 1.96 bits per heavy atom. The van der Waals surface area contributed by atoms with E-state index < -0.39 is 80.6 Å².